The lowest BCUT2D eigenvalue weighted by Gasteiger charge is -2.04. The summed E-state index contributed by atoms with van der Waals surface area (Å²) in [7, 11) is 0. The van der Waals surface area contributed by atoms with Gasteiger partial charge in [0.05, 0.1) is 10.2 Å². The van der Waals surface area contributed by atoms with Crippen LogP contribution in [0.4, 0.5) is 15.6 Å². The Balaban J connectivity index is 1.72. The molecule has 0 spiro atoms. The third kappa shape index (κ3) is 3.52. The number of benzene rings is 2. The van der Waals surface area contributed by atoms with Crippen molar-refractivity contribution >= 4 is 61.8 Å². The molecular formula is C15H12ClN3OS2. The summed E-state index contributed by atoms with van der Waals surface area (Å²) in [6, 6.07) is 12.6. The van der Waals surface area contributed by atoms with Gasteiger partial charge in [0, 0.05) is 15.6 Å². The number of thioether (sulfide) groups is 1. The molecule has 0 saturated carbocycles. The maximum Gasteiger partial charge on any atom is 0.325 e. The summed E-state index contributed by atoms with van der Waals surface area (Å²) >= 11 is 8.94. The van der Waals surface area contributed by atoms with Crippen molar-refractivity contribution in [2.75, 3.05) is 16.9 Å². The largest absolute Gasteiger partial charge is 0.325 e. The highest BCUT2D eigenvalue weighted by molar-refractivity contribution is 7.98. The van der Waals surface area contributed by atoms with Gasteiger partial charge in [-0.3, -0.25) is 5.32 Å². The molecule has 2 aromatic carbocycles. The Hall–Kier alpha value is -1.76. The Morgan fingerprint density at radius 3 is 2.68 bits per heavy atom. The first-order valence-corrected chi connectivity index (χ1v) is 8.84. The van der Waals surface area contributed by atoms with E-state index >= 15 is 0 Å². The summed E-state index contributed by atoms with van der Waals surface area (Å²) in [5.74, 6) is 0. The quantitative estimate of drug-likeness (QED) is 0.629. The minimum absolute atomic E-state index is 0.327. The van der Waals surface area contributed by atoms with Crippen LogP contribution in [0.2, 0.25) is 5.02 Å². The Bertz CT molecular complexity index is 817. The summed E-state index contributed by atoms with van der Waals surface area (Å²) in [4.78, 5) is 17.5. The molecule has 1 aromatic heterocycles. The lowest BCUT2D eigenvalue weighted by molar-refractivity contribution is 0.262. The lowest BCUT2D eigenvalue weighted by Crippen LogP contribution is -2.19. The van der Waals surface area contributed by atoms with Crippen LogP contribution in [0.5, 0.6) is 0 Å². The fourth-order valence-corrected chi connectivity index (χ4v) is 3.42. The molecule has 2 amide bonds. The number of aromatic nitrogens is 1. The molecule has 0 aliphatic heterocycles. The number of hydrogen-bond donors (Lipinski definition) is 2. The van der Waals surface area contributed by atoms with Crippen molar-refractivity contribution < 1.29 is 4.79 Å². The monoisotopic (exact) mass is 349 g/mol. The summed E-state index contributed by atoms with van der Waals surface area (Å²) in [6.07, 6.45) is 2.03. The number of nitrogens with zero attached hydrogens (tertiary/aromatic N) is 1. The molecule has 7 heteroatoms. The van der Waals surface area contributed by atoms with E-state index in [1.807, 2.05) is 18.4 Å². The van der Waals surface area contributed by atoms with Crippen molar-refractivity contribution in [3.8, 4) is 0 Å². The standard InChI is InChI=1S/C15H12ClN3OS2/c1-21-11-6-7-12-13(8-11)22-15(18-12)19-14(20)17-10-4-2-9(16)3-5-10/h2-8H,1H3,(H2,17,18,19,20). The van der Waals surface area contributed by atoms with Crippen molar-refractivity contribution in [1.29, 1.82) is 0 Å². The van der Waals surface area contributed by atoms with Crippen LogP contribution in [0.25, 0.3) is 10.2 Å². The molecule has 0 aliphatic carbocycles. The van der Waals surface area contributed by atoms with Crippen LogP contribution in [0, 0.1) is 0 Å². The number of halogens is 1. The van der Waals surface area contributed by atoms with Crippen molar-refractivity contribution in [3.05, 3.63) is 47.5 Å². The minimum atomic E-state index is -0.327. The molecule has 0 aliphatic rings. The maximum atomic E-state index is 12.0. The number of thiazole rings is 1. The number of amides is 2. The number of nitrogens with one attached hydrogen (secondary N) is 2. The van der Waals surface area contributed by atoms with Gasteiger partial charge in [0.25, 0.3) is 0 Å². The summed E-state index contributed by atoms with van der Waals surface area (Å²) in [5.41, 5.74) is 1.55. The van der Waals surface area contributed by atoms with Gasteiger partial charge in [0.1, 0.15) is 0 Å². The summed E-state index contributed by atoms with van der Waals surface area (Å²) in [5, 5.41) is 6.68. The minimum Gasteiger partial charge on any atom is -0.308 e. The van der Waals surface area contributed by atoms with Crippen molar-refractivity contribution in [2.45, 2.75) is 4.90 Å². The van der Waals surface area contributed by atoms with Gasteiger partial charge in [-0.05, 0) is 48.7 Å². The highest BCUT2D eigenvalue weighted by Gasteiger charge is 2.08. The van der Waals surface area contributed by atoms with E-state index in [-0.39, 0.29) is 6.03 Å². The summed E-state index contributed by atoms with van der Waals surface area (Å²) < 4.78 is 1.05. The van der Waals surface area contributed by atoms with Crippen molar-refractivity contribution in [1.82, 2.24) is 4.98 Å². The molecule has 1 heterocycles. The van der Waals surface area contributed by atoms with Crippen LogP contribution < -0.4 is 10.6 Å². The number of fused-ring (bicyclic) bond motifs is 1. The molecular weight excluding hydrogens is 338 g/mol. The first-order valence-electron chi connectivity index (χ1n) is 6.42. The second kappa shape index (κ2) is 6.56. The van der Waals surface area contributed by atoms with Crippen LogP contribution >= 0.6 is 34.7 Å². The summed E-state index contributed by atoms with van der Waals surface area (Å²) in [6.45, 7) is 0. The van der Waals surface area contributed by atoms with Gasteiger partial charge < -0.3 is 5.32 Å². The molecule has 0 fully saturated rings. The molecule has 3 aromatic rings. The number of carbonyl (C=O) groups is 1. The Kier molecular flexibility index (Phi) is 4.52. The van der Waals surface area contributed by atoms with Crippen molar-refractivity contribution in [3.63, 3.8) is 0 Å². The zero-order valence-corrected chi connectivity index (χ0v) is 14.0. The van der Waals surface area contributed by atoms with Crippen LogP contribution in [0.1, 0.15) is 0 Å². The molecule has 0 radical (unpaired) electrons. The highest BCUT2D eigenvalue weighted by Crippen LogP contribution is 2.29. The number of anilines is 2. The first-order chi connectivity index (χ1) is 10.6. The van der Waals surface area contributed by atoms with Gasteiger partial charge in [-0.15, -0.1) is 11.8 Å². The lowest BCUT2D eigenvalue weighted by atomic mass is 10.3. The molecule has 0 saturated heterocycles. The van der Waals surface area contributed by atoms with Crippen LogP contribution in [-0.4, -0.2) is 17.3 Å². The Morgan fingerprint density at radius 2 is 1.95 bits per heavy atom. The third-order valence-electron chi connectivity index (χ3n) is 2.92. The maximum absolute atomic E-state index is 12.0. The molecule has 3 rings (SSSR count). The molecule has 4 nitrogen and oxygen atoms in total. The number of urea groups is 1. The molecule has 112 valence electrons. The predicted molar refractivity (Wildman–Crippen MR) is 95.5 cm³/mol. The van der Waals surface area contributed by atoms with Gasteiger partial charge in [0.15, 0.2) is 5.13 Å². The van der Waals surface area contributed by atoms with E-state index < -0.39 is 0 Å². The fraction of sp³-hybridized carbons (Fsp3) is 0.0667. The van der Waals surface area contributed by atoms with Gasteiger partial charge in [-0.1, -0.05) is 22.9 Å². The molecule has 22 heavy (non-hydrogen) atoms. The van der Waals surface area contributed by atoms with E-state index in [1.165, 1.54) is 16.2 Å². The van der Waals surface area contributed by atoms with Crippen molar-refractivity contribution in [2.24, 2.45) is 0 Å². The smallest absolute Gasteiger partial charge is 0.308 e. The van der Waals surface area contributed by atoms with E-state index in [0.717, 1.165) is 10.2 Å². The van der Waals surface area contributed by atoms with E-state index in [2.05, 4.69) is 21.7 Å². The topological polar surface area (TPSA) is 54.0 Å². The van der Waals surface area contributed by atoms with E-state index in [4.69, 9.17) is 11.6 Å². The molecule has 0 unspecified atom stereocenters. The van der Waals surface area contributed by atoms with Crippen LogP contribution in [-0.2, 0) is 0 Å². The Morgan fingerprint density at radius 1 is 1.18 bits per heavy atom. The SMILES string of the molecule is CSc1ccc2nc(NC(=O)Nc3ccc(Cl)cc3)sc2c1. The average molecular weight is 350 g/mol. The molecule has 0 atom stereocenters. The van der Waals surface area contributed by atoms with E-state index in [9.17, 15) is 4.79 Å². The number of hydrogen-bond acceptors (Lipinski definition) is 4. The zero-order valence-electron chi connectivity index (χ0n) is 11.6. The highest BCUT2D eigenvalue weighted by atomic mass is 35.5. The third-order valence-corrected chi connectivity index (χ3v) is 4.83. The fourth-order valence-electron chi connectivity index (χ4n) is 1.88. The van der Waals surface area contributed by atoms with Crippen LogP contribution in [0.15, 0.2) is 47.4 Å². The van der Waals surface area contributed by atoms with Gasteiger partial charge in [-0.25, -0.2) is 9.78 Å². The van der Waals surface area contributed by atoms with E-state index in [0.29, 0.717) is 15.8 Å². The van der Waals surface area contributed by atoms with Gasteiger partial charge >= 0.3 is 6.03 Å². The van der Waals surface area contributed by atoms with Crippen LogP contribution in [0.3, 0.4) is 0 Å². The zero-order chi connectivity index (χ0) is 15.5. The first kappa shape index (κ1) is 15.1. The molecule has 2 N–H and O–H groups in total. The second-order valence-corrected chi connectivity index (χ2v) is 6.79. The molecule has 0 bridgehead atoms. The van der Waals surface area contributed by atoms with Gasteiger partial charge in [-0.2, -0.15) is 0 Å². The normalized spacial score (nSPS) is 10.6. The number of carbonyl (C=O) groups excluding carboxylic acids is 1. The van der Waals surface area contributed by atoms with E-state index in [1.54, 1.807) is 36.0 Å². The average Bonchev–Trinajstić information content (AvgIpc) is 2.90. The number of rotatable bonds is 3. The second-order valence-electron chi connectivity index (χ2n) is 4.44. The predicted octanol–water partition coefficient (Wildman–Crippen LogP) is 5.32. The Labute approximate surface area is 140 Å². The van der Waals surface area contributed by atoms with Gasteiger partial charge in [0.2, 0.25) is 0 Å².